The van der Waals surface area contributed by atoms with E-state index in [-0.39, 0.29) is 30.6 Å². The van der Waals surface area contributed by atoms with Gasteiger partial charge in [0.05, 0.1) is 6.61 Å². The average Bonchev–Trinajstić information content (AvgIpc) is 2.61. The number of hydrogen-bond acceptors (Lipinski definition) is 4. The molecule has 0 spiro atoms. The number of benzene rings is 1. The molecule has 0 unspecified atom stereocenters. The molecular formula is C19H28N2O3. The standard InChI is InChI=1S/C19H28N2O3/c1-3-21-13-11-16(12-14-21)20-19(23)10-9-18(22)15-5-7-17(8-6-15)24-4-2/h5-8,16H,3-4,9-14H2,1-2H3,(H,20,23). The molecular weight excluding hydrogens is 304 g/mol. The highest BCUT2D eigenvalue weighted by Crippen LogP contribution is 2.14. The van der Waals surface area contributed by atoms with Crippen LogP contribution in [0, 0.1) is 0 Å². The fourth-order valence-corrected chi connectivity index (χ4v) is 2.97. The molecule has 1 N–H and O–H groups in total. The molecule has 1 aliphatic rings. The number of nitrogens with zero attached hydrogens (tertiary/aromatic N) is 1. The maximum Gasteiger partial charge on any atom is 0.220 e. The van der Waals surface area contributed by atoms with Crippen LogP contribution >= 0.6 is 0 Å². The van der Waals surface area contributed by atoms with Gasteiger partial charge in [0, 0.05) is 37.5 Å². The maximum absolute atomic E-state index is 12.2. The second-order valence-corrected chi connectivity index (χ2v) is 6.16. The average molecular weight is 332 g/mol. The van der Waals surface area contributed by atoms with Gasteiger partial charge in [-0.2, -0.15) is 0 Å². The third-order valence-corrected chi connectivity index (χ3v) is 4.47. The summed E-state index contributed by atoms with van der Waals surface area (Å²) in [5.74, 6) is 0.725. The molecule has 132 valence electrons. The molecule has 1 fully saturated rings. The van der Waals surface area contributed by atoms with Crippen LogP contribution < -0.4 is 10.1 Å². The third-order valence-electron chi connectivity index (χ3n) is 4.47. The fourth-order valence-electron chi connectivity index (χ4n) is 2.97. The Morgan fingerprint density at radius 3 is 2.38 bits per heavy atom. The van der Waals surface area contributed by atoms with Gasteiger partial charge >= 0.3 is 0 Å². The number of ether oxygens (including phenoxy) is 1. The number of hydrogen-bond donors (Lipinski definition) is 1. The minimum atomic E-state index is -0.0239. The van der Waals surface area contributed by atoms with E-state index >= 15 is 0 Å². The highest BCUT2D eigenvalue weighted by Gasteiger charge is 2.20. The van der Waals surface area contributed by atoms with Crippen molar-refractivity contribution in [2.24, 2.45) is 0 Å². The van der Waals surface area contributed by atoms with Gasteiger partial charge in [0.25, 0.3) is 0 Å². The first kappa shape index (κ1) is 18.5. The Hall–Kier alpha value is -1.88. The molecule has 5 nitrogen and oxygen atoms in total. The summed E-state index contributed by atoms with van der Waals surface area (Å²) < 4.78 is 5.36. The molecule has 24 heavy (non-hydrogen) atoms. The van der Waals surface area contributed by atoms with Crippen LogP contribution in [0.15, 0.2) is 24.3 Å². The number of ketones is 1. The van der Waals surface area contributed by atoms with Crippen LogP contribution in [-0.2, 0) is 4.79 Å². The first-order valence-electron chi connectivity index (χ1n) is 8.90. The number of nitrogens with one attached hydrogen (secondary N) is 1. The molecule has 0 radical (unpaired) electrons. The van der Waals surface area contributed by atoms with Crippen molar-refractivity contribution in [1.29, 1.82) is 0 Å². The Kier molecular flexibility index (Phi) is 7.25. The topological polar surface area (TPSA) is 58.6 Å². The summed E-state index contributed by atoms with van der Waals surface area (Å²) in [5, 5.41) is 3.06. The molecule has 1 amide bonds. The molecule has 0 saturated carbocycles. The van der Waals surface area contributed by atoms with E-state index in [4.69, 9.17) is 4.74 Å². The van der Waals surface area contributed by atoms with E-state index in [2.05, 4.69) is 17.1 Å². The number of piperidine rings is 1. The van der Waals surface area contributed by atoms with Gasteiger partial charge in [-0.1, -0.05) is 6.92 Å². The van der Waals surface area contributed by atoms with Crippen LogP contribution in [0.4, 0.5) is 0 Å². The Bertz CT molecular complexity index is 534. The van der Waals surface area contributed by atoms with E-state index in [1.165, 1.54) is 0 Å². The summed E-state index contributed by atoms with van der Waals surface area (Å²) >= 11 is 0. The molecule has 1 aromatic carbocycles. The second-order valence-electron chi connectivity index (χ2n) is 6.16. The molecule has 1 aliphatic heterocycles. The Labute approximate surface area is 144 Å². The Morgan fingerprint density at radius 1 is 1.12 bits per heavy atom. The largest absolute Gasteiger partial charge is 0.494 e. The summed E-state index contributed by atoms with van der Waals surface area (Å²) in [7, 11) is 0. The zero-order valence-corrected chi connectivity index (χ0v) is 14.7. The van der Waals surface area contributed by atoms with E-state index in [9.17, 15) is 9.59 Å². The van der Waals surface area contributed by atoms with E-state index in [0.29, 0.717) is 12.2 Å². The van der Waals surface area contributed by atoms with Crippen LogP contribution in [0.1, 0.15) is 49.9 Å². The van der Waals surface area contributed by atoms with Crippen LogP contribution in [0.25, 0.3) is 0 Å². The van der Waals surface area contributed by atoms with E-state index < -0.39 is 0 Å². The van der Waals surface area contributed by atoms with Crippen molar-refractivity contribution in [2.45, 2.75) is 45.6 Å². The van der Waals surface area contributed by atoms with Gasteiger partial charge in [0.1, 0.15) is 5.75 Å². The van der Waals surface area contributed by atoms with Crippen LogP contribution in [0.3, 0.4) is 0 Å². The summed E-state index contributed by atoms with van der Waals surface area (Å²) in [6.07, 6.45) is 2.48. The van der Waals surface area contributed by atoms with Crippen molar-refractivity contribution in [1.82, 2.24) is 10.2 Å². The van der Waals surface area contributed by atoms with Gasteiger partial charge in [0.15, 0.2) is 5.78 Å². The maximum atomic E-state index is 12.2. The Morgan fingerprint density at radius 2 is 1.79 bits per heavy atom. The highest BCUT2D eigenvalue weighted by atomic mass is 16.5. The third kappa shape index (κ3) is 5.64. The van der Waals surface area contributed by atoms with Gasteiger partial charge in [-0.15, -0.1) is 0 Å². The van der Waals surface area contributed by atoms with Crippen LogP contribution in [-0.4, -0.2) is 48.9 Å². The van der Waals surface area contributed by atoms with Crippen molar-refractivity contribution < 1.29 is 14.3 Å². The monoisotopic (exact) mass is 332 g/mol. The predicted octanol–water partition coefficient (Wildman–Crippen LogP) is 2.65. The summed E-state index contributed by atoms with van der Waals surface area (Å²) in [5.41, 5.74) is 0.627. The summed E-state index contributed by atoms with van der Waals surface area (Å²) in [4.78, 5) is 26.6. The molecule has 0 aliphatic carbocycles. The van der Waals surface area contributed by atoms with Gasteiger partial charge in [-0.05, 0) is 50.6 Å². The lowest BCUT2D eigenvalue weighted by Crippen LogP contribution is -2.44. The normalized spacial score (nSPS) is 15.9. The van der Waals surface area contributed by atoms with E-state index in [1.54, 1.807) is 24.3 Å². The molecule has 0 bridgehead atoms. The molecule has 2 rings (SSSR count). The molecule has 1 saturated heterocycles. The predicted molar refractivity (Wildman–Crippen MR) is 94.5 cm³/mol. The van der Waals surface area contributed by atoms with Crippen molar-refractivity contribution in [3.05, 3.63) is 29.8 Å². The zero-order valence-electron chi connectivity index (χ0n) is 14.7. The van der Waals surface area contributed by atoms with Crippen molar-refractivity contribution in [3.63, 3.8) is 0 Å². The minimum absolute atomic E-state index is 0.00555. The van der Waals surface area contributed by atoms with Gasteiger partial charge < -0.3 is 15.0 Å². The van der Waals surface area contributed by atoms with Crippen LogP contribution in [0.5, 0.6) is 5.75 Å². The number of likely N-dealkylation sites (tertiary alicyclic amines) is 1. The zero-order chi connectivity index (χ0) is 17.4. The van der Waals surface area contributed by atoms with Crippen LogP contribution in [0.2, 0.25) is 0 Å². The SMILES string of the molecule is CCOc1ccc(C(=O)CCC(=O)NC2CCN(CC)CC2)cc1. The number of Topliss-reactive ketones (excluding diaryl/α,β-unsaturated/α-hetero) is 1. The van der Waals surface area contributed by atoms with Gasteiger partial charge in [-0.3, -0.25) is 9.59 Å². The fraction of sp³-hybridized carbons (Fsp3) is 0.579. The second kappa shape index (κ2) is 9.42. The first-order valence-corrected chi connectivity index (χ1v) is 8.90. The molecule has 5 heteroatoms. The van der Waals surface area contributed by atoms with Crippen molar-refractivity contribution in [3.8, 4) is 5.75 Å². The Balaban J connectivity index is 1.72. The summed E-state index contributed by atoms with van der Waals surface area (Å²) in [6, 6.07) is 7.34. The first-order chi connectivity index (χ1) is 11.6. The lowest BCUT2D eigenvalue weighted by Gasteiger charge is -2.31. The van der Waals surface area contributed by atoms with Gasteiger partial charge in [-0.25, -0.2) is 0 Å². The minimum Gasteiger partial charge on any atom is -0.494 e. The smallest absolute Gasteiger partial charge is 0.220 e. The summed E-state index contributed by atoms with van der Waals surface area (Å²) in [6.45, 7) is 7.82. The molecule has 1 aromatic rings. The number of amides is 1. The van der Waals surface area contributed by atoms with Gasteiger partial charge in [0.2, 0.25) is 5.91 Å². The molecule has 0 atom stereocenters. The van der Waals surface area contributed by atoms with Crippen molar-refractivity contribution in [2.75, 3.05) is 26.2 Å². The highest BCUT2D eigenvalue weighted by molar-refractivity contribution is 5.98. The number of carbonyl (C=O) groups excluding carboxylic acids is 2. The van der Waals surface area contributed by atoms with Crippen molar-refractivity contribution >= 4 is 11.7 Å². The van der Waals surface area contributed by atoms with E-state index in [1.807, 2.05) is 6.92 Å². The molecule has 1 heterocycles. The number of rotatable bonds is 8. The quantitative estimate of drug-likeness (QED) is 0.744. The van der Waals surface area contributed by atoms with E-state index in [0.717, 1.165) is 38.2 Å². The number of carbonyl (C=O) groups is 2. The lowest BCUT2D eigenvalue weighted by atomic mass is 10.0. The lowest BCUT2D eigenvalue weighted by molar-refractivity contribution is -0.122. The molecule has 0 aromatic heterocycles.